The summed E-state index contributed by atoms with van der Waals surface area (Å²) in [7, 11) is 0. The topological polar surface area (TPSA) is 53.4 Å². The van der Waals surface area contributed by atoms with Crippen molar-refractivity contribution in [3.05, 3.63) is 54.1 Å². The van der Waals surface area contributed by atoms with Gasteiger partial charge in [0, 0.05) is 12.5 Å². The molecule has 0 saturated carbocycles. The third-order valence-electron chi connectivity index (χ3n) is 4.05. The number of hydrogen-bond donors (Lipinski definition) is 0. The summed E-state index contributed by atoms with van der Waals surface area (Å²) in [5, 5.41) is 0. The van der Waals surface area contributed by atoms with Crippen LogP contribution < -0.4 is 0 Å². The van der Waals surface area contributed by atoms with Crippen molar-refractivity contribution in [2.75, 3.05) is 19.8 Å². The highest BCUT2D eigenvalue weighted by atomic mass is 16.5. The van der Waals surface area contributed by atoms with E-state index < -0.39 is 0 Å². The zero-order chi connectivity index (χ0) is 15.4. The molecule has 1 saturated heterocycles. The van der Waals surface area contributed by atoms with E-state index in [9.17, 15) is 4.79 Å². The molecule has 3 rings (SSSR count). The molecule has 22 heavy (non-hydrogen) atoms. The van der Waals surface area contributed by atoms with Gasteiger partial charge in [0.2, 0.25) is 0 Å². The maximum absolute atomic E-state index is 12.3. The Labute approximate surface area is 129 Å². The Bertz CT molecular complexity index is 618. The quantitative estimate of drug-likeness (QED) is 0.797. The predicted molar refractivity (Wildman–Crippen MR) is 81.7 cm³/mol. The van der Waals surface area contributed by atoms with Gasteiger partial charge in [-0.2, -0.15) is 0 Å². The van der Waals surface area contributed by atoms with Crippen molar-refractivity contribution in [1.82, 2.24) is 9.55 Å². The normalized spacial score (nSPS) is 19.0. The third-order valence-corrected chi connectivity index (χ3v) is 4.05. The van der Waals surface area contributed by atoms with Crippen LogP contribution in [0.2, 0.25) is 0 Å². The van der Waals surface area contributed by atoms with Gasteiger partial charge in [-0.15, -0.1) is 0 Å². The first-order valence-electron chi connectivity index (χ1n) is 7.57. The van der Waals surface area contributed by atoms with E-state index in [1.807, 2.05) is 41.8 Å². The molecule has 0 spiro atoms. The Morgan fingerprint density at radius 1 is 1.45 bits per heavy atom. The summed E-state index contributed by atoms with van der Waals surface area (Å²) in [5.74, 6) is -0.0148. The Morgan fingerprint density at radius 3 is 3.00 bits per heavy atom. The van der Waals surface area contributed by atoms with E-state index in [0.717, 1.165) is 18.6 Å². The summed E-state index contributed by atoms with van der Waals surface area (Å²) in [6, 6.07) is 10.1. The number of imidazole rings is 1. The molecule has 0 bridgehead atoms. The van der Waals surface area contributed by atoms with Gasteiger partial charge in [0.05, 0.1) is 31.8 Å². The molecule has 1 aliphatic heterocycles. The highest BCUT2D eigenvalue weighted by molar-refractivity contribution is 5.87. The van der Waals surface area contributed by atoms with E-state index in [0.29, 0.717) is 24.8 Å². The molecule has 1 aromatic heterocycles. The van der Waals surface area contributed by atoms with Crippen molar-refractivity contribution < 1.29 is 14.3 Å². The molecule has 1 aliphatic rings. The second-order valence-electron chi connectivity index (χ2n) is 5.60. The fourth-order valence-electron chi connectivity index (χ4n) is 2.65. The first-order chi connectivity index (χ1) is 10.8. The number of nitrogens with zero attached hydrogens (tertiary/aromatic N) is 2. The number of ether oxygens (including phenoxy) is 2. The SMILES string of the molecule is CC(c1ccccc1)n1cncc1C(=O)OCC1CCOC1. The lowest BCUT2D eigenvalue weighted by atomic mass is 10.1. The molecule has 0 N–H and O–H groups in total. The second kappa shape index (κ2) is 6.75. The van der Waals surface area contributed by atoms with E-state index in [1.54, 1.807) is 12.5 Å². The maximum Gasteiger partial charge on any atom is 0.356 e. The highest BCUT2D eigenvalue weighted by Gasteiger charge is 2.21. The van der Waals surface area contributed by atoms with Gasteiger partial charge >= 0.3 is 5.97 Å². The van der Waals surface area contributed by atoms with Gasteiger partial charge < -0.3 is 14.0 Å². The summed E-state index contributed by atoms with van der Waals surface area (Å²) >= 11 is 0. The zero-order valence-electron chi connectivity index (χ0n) is 12.6. The van der Waals surface area contributed by atoms with Crippen LogP contribution in [0.1, 0.15) is 35.4 Å². The summed E-state index contributed by atoms with van der Waals surface area (Å²) in [5.41, 5.74) is 1.61. The van der Waals surface area contributed by atoms with E-state index in [4.69, 9.17) is 9.47 Å². The molecule has 5 nitrogen and oxygen atoms in total. The van der Waals surface area contributed by atoms with Crippen LogP contribution in [0.25, 0.3) is 0 Å². The van der Waals surface area contributed by atoms with Crippen molar-refractivity contribution in [3.8, 4) is 0 Å². The Morgan fingerprint density at radius 2 is 2.27 bits per heavy atom. The van der Waals surface area contributed by atoms with Crippen LogP contribution in [0.4, 0.5) is 0 Å². The molecule has 2 unspecified atom stereocenters. The number of carbonyl (C=O) groups excluding carboxylic acids is 1. The van der Waals surface area contributed by atoms with Crippen molar-refractivity contribution in [3.63, 3.8) is 0 Å². The molecule has 2 atom stereocenters. The minimum absolute atomic E-state index is 0.0288. The smallest absolute Gasteiger partial charge is 0.356 e. The summed E-state index contributed by atoms with van der Waals surface area (Å²) in [4.78, 5) is 16.4. The number of hydrogen-bond acceptors (Lipinski definition) is 4. The van der Waals surface area contributed by atoms with E-state index in [-0.39, 0.29) is 12.0 Å². The maximum atomic E-state index is 12.3. The van der Waals surface area contributed by atoms with Crippen LogP contribution in [-0.2, 0) is 9.47 Å². The third kappa shape index (κ3) is 3.20. The minimum Gasteiger partial charge on any atom is -0.461 e. The number of carbonyl (C=O) groups is 1. The van der Waals surface area contributed by atoms with Crippen molar-refractivity contribution in [2.45, 2.75) is 19.4 Å². The summed E-state index contributed by atoms with van der Waals surface area (Å²) < 4.78 is 12.6. The van der Waals surface area contributed by atoms with Crippen LogP contribution >= 0.6 is 0 Å². The summed E-state index contributed by atoms with van der Waals surface area (Å²) in [6.07, 6.45) is 4.19. The van der Waals surface area contributed by atoms with Gasteiger partial charge in [0.1, 0.15) is 5.69 Å². The molecule has 2 heterocycles. The monoisotopic (exact) mass is 300 g/mol. The molecular formula is C17H20N2O3. The minimum atomic E-state index is -0.327. The lowest BCUT2D eigenvalue weighted by Gasteiger charge is -2.17. The molecular weight excluding hydrogens is 280 g/mol. The van der Waals surface area contributed by atoms with Gasteiger partial charge in [0.25, 0.3) is 0 Å². The van der Waals surface area contributed by atoms with Crippen LogP contribution in [0, 0.1) is 5.92 Å². The van der Waals surface area contributed by atoms with E-state index in [1.165, 1.54) is 0 Å². The fraction of sp³-hybridized carbons (Fsp3) is 0.412. The Kier molecular flexibility index (Phi) is 4.53. The highest BCUT2D eigenvalue weighted by Crippen LogP contribution is 2.20. The standard InChI is InChI=1S/C17H20N2O3/c1-13(15-5-3-2-4-6-15)19-12-18-9-16(19)17(20)22-11-14-7-8-21-10-14/h2-6,9,12-14H,7-8,10-11H2,1H3. The van der Waals surface area contributed by atoms with Gasteiger partial charge in [-0.05, 0) is 18.9 Å². The second-order valence-corrected chi connectivity index (χ2v) is 5.60. The number of esters is 1. The molecule has 1 aromatic carbocycles. The Hall–Kier alpha value is -2.14. The molecule has 5 heteroatoms. The lowest BCUT2D eigenvalue weighted by molar-refractivity contribution is 0.0415. The van der Waals surface area contributed by atoms with Crippen molar-refractivity contribution >= 4 is 5.97 Å². The van der Waals surface area contributed by atoms with Gasteiger partial charge in [-0.1, -0.05) is 30.3 Å². The van der Waals surface area contributed by atoms with Gasteiger partial charge in [0.15, 0.2) is 0 Å². The number of benzene rings is 1. The molecule has 116 valence electrons. The van der Waals surface area contributed by atoms with Crippen LogP contribution in [0.15, 0.2) is 42.9 Å². The molecule has 0 aliphatic carbocycles. The van der Waals surface area contributed by atoms with Gasteiger partial charge in [-0.3, -0.25) is 0 Å². The number of rotatable bonds is 5. The lowest BCUT2D eigenvalue weighted by Crippen LogP contribution is -2.19. The molecule has 1 fully saturated rings. The van der Waals surface area contributed by atoms with E-state index in [2.05, 4.69) is 4.98 Å². The molecule has 0 radical (unpaired) electrons. The average molecular weight is 300 g/mol. The first kappa shape index (κ1) is 14.8. The largest absolute Gasteiger partial charge is 0.461 e. The average Bonchev–Trinajstić information content (AvgIpc) is 3.24. The molecule has 2 aromatic rings. The fourth-order valence-corrected chi connectivity index (χ4v) is 2.65. The summed E-state index contributed by atoms with van der Waals surface area (Å²) in [6.45, 7) is 3.88. The Balaban J connectivity index is 1.69. The van der Waals surface area contributed by atoms with Gasteiger partial charge in [-0.25, -0.2) is 9.78 Å². The first-order valence-corrected chi connectivity index (χ1v) is 7.57. The van der Waals surface area contributed by atoms with Crippen molar-refractivity contribution in [1.29, 1.82) is 0 Å². The van der Waals surface area contributed by atoms with E-state index >= 15 is 0 Å². The van der Waals surface area contributed by atoms with Crippen LogP contribution in [-0.4, -0.2) is 35.3 Å². The van der Waals surface area contributed by atoms with Crippen LogP contribution in [0.3, 0.4) is 0 Å². The molecule has 0 amide bonds. The van der Waals surface area contributed by atoms with Crippen LogP contribution in [0.5, 0.6) is 0 Å². The predicted octanol–water partition coefficient (Wildman–Crippen LogP) is 2.69. The zero-order valence-corrected chi connectivity index (χ0v) is 12.6. The number of aromatic nitrogens is 2. The van der Waals surface area contributed by atoms with Crippen molar-refractivity contribution in [2.24, 2.45) is 5.92 Å².